The van der Waals surface area contributed by atoms with Gasteiger partial charge in [-0.15, -0.1) is 0 Å². The van der Waals surface area contributed by atoms with Crippen LogP contribution in [0.3, 0.4) is 0 Å². The minimum Gasteiger partial charge on any atom is -0.490 e. The molecule has 3 aromatic carbocycles. The highest BCUT2D eigenvalue weighted by molar-refractivity contribution is 7.99. The van der Waals surface area contributed by atoms with Crippen molar-refractivity contribution in [2.45, 2.75) is 36.1 Å². The van der Waals surface area contributed by atoms with Crippen molar-refractivity contribution in [3.63, 3.8) is 0 Å². The van der Waals surface area contributed by atoms with E-state index in [1.54, 1.807) is 24.3 Å². The number of hydrogen-bond donors (Lipinski definition) is 1. The van der Waals surface area contributed by atoms with E-state index in [2.05, 4.69) is 5.32 Å². The molecule has 0 fully saturated rings. The van der Waals surface area contributed by atoms with Crippen molar-refractivity contribution in [1.82, 2.24) is 5.32 Å². The van der Waals surface area contributed by atoms with Crippen LogP contribution in [0.4, 0.5) is 10.1 Å². The number of benzene rings is 3. The van der Waals surface area contributed by atoms with Crippen molar-refractivity contribution >= 4 is 23.4 Å². The van der Waals surface area contributed by atoms with Gasteiger partial charge in [0.1, 0.15) is 5.82 Å². The number of rotatable bonds is 7. The van der Waals surface area contributed by atoms with Gasteiger partial charge in [0.2, 0.25) is 0 Å². The number of fused-ring (bicyclic) bond motifs is 1. The van der Waals surface area contributed by atoms with Gasteiger partial charge in [0.05, 0.1) is 29.1 Å². The molecule has 1 heterocycles. The highest BCUT2D eigenvalue weighted by Crippen LogP contribution is 2.37. The molecule has 9 heteroatoms. The maximum absolute atomic E-state index is 13.2. The molecule has 0 spiro atoms. The zero-order chi connectivity index (χ0) is 24.9. The fraction of sp³-hybridized carbons (Fsp3) is 0.269. The first-order valence-corrected chi connectivity index (χ1v) is 12.1. The number of nitro benzene ring substituents is 1. The number of halogens is 1. The van der Waals surface area contributed by atoms with Gasteiger partial charge in [0.25, 0.3) is 11.6 Å². The monoisotopic (exact) mass is 496 g/mol. The van der Waals surface area contributed by atoms with E-state index in [1.165, 1.54) is 18.2 Å². The zero-order valence-corrected chi connectivity index (χ0v) is 20.1. The van der Waals surface area contributed by atoms with Crippen LogP contribution in [0.5, 0.6) is 11.5 Å². The number of nitrogens with zero attached hydrogens (tertiary/aromatic N) is 1. The Bertz CT molecular complexity index is 1230. The third-order valence-electron chi connectivity index (χ3n) is 5.54. The Morgan fingerprint density at radius 1 is 1.03 bits per heavy atom. The highest BCUT2D eigenvalue weighted by atomic mass is 32.2. The Morgan fingerprint density at radius 2 is 1.74 bits per heavy atom. The molecule has 1 amide bonds. The fourth-order valence-corrected chi connectivity index (χ4v) is 4.65. The van der Waals surface area contributed by atoms with Gasteiger partial charge in [-0.25, -0.2) is 4.39 Å². The standard InChI is InChI=1S/C26H25FN2O5S/c1-16(2)25(17-4-10-22-23(15-17)34-13-3-12-33-22)28-26(30)18-5-11-24(21(14-18)29(31)32)35-20-8-6-19(27)7-9-20/h4-11,14-16,25H,3,12-13H2,1-2H3,(H,28,30). The van der Waals surface area contributed by atoms with E-state index in [0.29, 0.717) is 34.5 Å². The quantitative estimate of drug-likeness (QED) is 0.311. The second kappa shape index (κ2) is 10.8. The lowest BCUT2D eigenvalue weighted by Gasteiger charge is -2.24. The molecule has 1 aliphatic rings. The lowest BCUT2D eigenvalue weighted by Crippen LogP contribution is -2.31. The van der Waals surface area contributed by atoms with Gasteiger partial charge in [-0.3, -0.25) is 14.9 Å². The van der Waals surface area contributed by atoms with Gasteiger partial charge in [0, 0.05) is 22.9 Å². The Labute approximate surface area is 206 Å². The van der Waals surface area contributed by atoms with Crippen molar-refractivity contribution in [2.24, 2.45) is 5.92 Å². The molecule has 0 bridgehead atoms. The molecule has 1 unspecified atom stereocenters. The molecule has 1 N–H and O–H groups in total. The molecule has 0 saturated carbocycles. The van der Waals surface area contributed by atoms with E-state index in [4.69, 9.17) is 9.47 Å². The van der Waals surface area contributed by atoms with Gasteiger partial charge in [0.15, 0.2) is 11.5 Å². The Morgan fingerprint density at radius 3 is 2.43 bits per heavy atom. The number of hydrogen-bond acceptors (Lipinski definition) is 6. The topological polar surface area (TPSA) is 90.7 Å². The summed E-state index contributed by atoms with van der Waals surface area (Å²) in [6.07, 6.45) is 0.794. The van der Waals surface area contributed by atoms with Crippen molar-refractivity contribution in [1.29, 1.82) is 0 Å². The lowest BCUT2D eigenvalue weighted by atomic mass is 9.95. The minimum atomic E-state index is -0.521. The molecule has 7 nitrogen and oxygen atoms in total. The van der Waals surface area contributed by atoms with Crippen LogP contribution >= 0.6 is 11.8 Å². The normalized spacial score (nSPS) is 13.7. The summed E-state index contributed by atoms with van der Waals surface area (Å²) >= 11 is 1.14. The molecule has 0 aliphatic carbocycles. The number of ether oxygens (including phenoxy) is 2. The summed E-state index contributed by atoms with van der Waals surface area (Å²) in [6, 6.07) is 15.3. The van der Waals surface area contributed by atoms with Gasteiger partial charge >= 0.3 is 0 Å². The molecular formula is C26H25FN2O5S. The first-order valence-electron chi connectivity index (χ1n) is 11.2. The smallest absolute Gasteiger partial charge is 0.284 e. The van der Waals surface area contributed by atoms with Crippen molar-refractivity contribution in [3.05, 3.63) is 87.7 Å². The molecule has 1 aliphatic heterocycles. The van der Waals surface area contributed by atoms with Crippen LogP contribution in [-0.4, -0.2) is 24.0 Å². The average molecular weight is 497 g/mol. The lowest BCUT2D eigenvalue weighted by molar-refractivity contribution is -0.387. The van der Waals surface area contributed by atoms with Crippen molar-refractivity contribution in [3.8, 4) is 11.5 Å². The summed E-state index contributed by atoms with van der Waals surface area (Å²) < 4.78 is 24.7. The summed E-state index contributed by atoms with van der Waals surface area (Å²) in [5.74, 6) is 0.552. The molecule has 3 aromatic rings. The van der Waals surface area contributed by atoms with Crippen LogP contribution in [0.15, 0.2) is 70.5 Å². The summed E-state index contributed by atoms with van der Waals surface area (Å²) in [7, 11) is 0. The maximum Gasteiger partial charge on any atom is 0.284 e. The van der Waals surface area contributed by atoms with Gasteiger partial charge < -0.3 is 14.8 Å². The SMILES string of the molecule is CC(C)C(NC(=O)c1ccc(Sc2ccc(F)cc2)c([N+](=O)[O-])c1)c1ccc2c(c1)OCCCO2. The zero-order valence-electron chi connectivity index (χ0n) is 19.3. The second-order valence-electron chi connectivity index (χ2n) is 8.45. The average Bonchev–Trinajstić information content (AvgIpc) is 3.08. The Hall–Kier alpha value is -3.59. The number of nitro groups is 1. The molecule has 0 radical (unpaired) electrons. The van der Waals surface area contributed by atoms with Gasteiger partial charge in [-0.05, 0) is 60.0 Å². The van der Waals surface area contributed by atoms with E-state index in [1.807, 2.05) is 32.0 Å². The minimum absolute atomic E-state index is 0.0481. The van der Waals surface area contributed by atoms with Gasteiger partial charge in [-0.2, -0.15) is 0 Å². The van der Waals surface area contributed by atoms with Crippen LogP contribution < -0.4 is 14.8 Å². The molecule has 35 heavy (non-hydrogen) atoms. The predicted molar refractivity (Wildman–Crippen MR) is 131 cm³/mol. The predicted octanol–water partition coefficient (Wildman–Crippen LogP) is 6.17. The maximum atomic E-state index is 13.2. The van der Waals surface area contributed by atoms with Crippen molar-refractivity contribution in [2.75, 3.05) is 13.2 Å². The third-order valence-corrected chi connectivity index (χ3v) is 6.62. The molecule has 4 rings (SSSR count). The number of amides is 1. The van der Waals surface area contributed by atoms with E-state index < -0.39 is 10.8 Å². The highest BCUT2D eigenvalue weighted by Gasteiger charge is 2.24. The van der Waals surface area contributed by atoms with Crippen LogP contribution in [-0.2, 0) is 0 Å². The summed E-state index contributed by atoms with van der Waals surface area (Å²) in [6.45, 7) is 5.11. The van der Waals surface area contributed by atoms with E-state index in [9.17, 15) is 19.3 Å². The van der Waals surface area contributed by atoms with E-state index in [-0.39, 0.29) is 29.0 Å². The van der Waals surface area contributed by atoms with Crippen LogP contribution in [0.25, 0.3) is 0 Å². The second-order valence-corrected chi connectivity index (χ2v) is 9.56. The molecule has 182 valence electrons. The summed E-state index contributed by atoms with van der Waals surface area (Å²) in [4.78, 5) is 25.3. The number of nitrogens with one attached hydrogen (secondary N) is 1. The number of carbonyl (C=O) groups is 1. The first kappa shape index (κ1) is 24.5. The van der Waals surface area contributed by atoms with Crippen LogP contribution in [0.2, 0.25) is 0 Å². The van der Waals surface area contributed by atoms with Gasteiger partial charge in [-0.1, -0.05) is 31.7 Å². The molecule has 0 aromatic heterocycles. The largest absolute Gasteiger partial charge is 0.490 e. The molecular weight excluding hydrogens is 471 g/mol. The Balaban J connectivity index is 1.56. The summed E-state index contributed by atoms with van der Waals surface area (Å²) in [5.41, 5.74) is 0.847. The number of carbonyl (C=O) groups excluding carboxylic acids is 1. The molecule has 0 saturated heterocycles. The van der Waals surface area contributed by atoms with E-state index >= 15 is 0 Å². The van der Waals surface area contributed by atoms with Crippen molar-refractivity contribution < 1.29 is 23.6 Å². The molecule has 1 atom stereocenters. The summed E-state index contributed by atoms with van der Waals surface area (Å²) in [5, 5.41) is 14.7. The van der Waals surface area contributed by atoms with Crippen LogP contribution in [0.1, 0.15) is 42.2 Å². The van der Waals surface area contributed by atoms with Crippen LogP contribution in [0, 0.1) is 21.8 Å². The third kappa shape index (κ3) is 5.92. The fourth-order valence-electron chi connectivity index (χ4n) is 3.75. The van der Waals surface area contributed by atoms with E-state index in [0.717, 1.165) is 23.7 Å². The first-order chi connectivity index (χ1) is 16.8. The Kier molecular flexibility index (Phi) is 7.55.